The molecule has 0 atom stereocenters. The summed E-state index contributed by atoms with van der Waals surface area (Å²) >= 11 is 0. The monoisotopic (exact) mass is 324 g/mol. The van der Waals surface area contributed by atoms with E-state index in [1.807, 2.05) is 20.8 Å². The number of piperidine rings is 1. The number of likely N-dealkylation sites (tertiary alicyclic amines) is 1. The first-order chi connectivity index (χ1) is 10.7. The second-order valence-electron chi connectivity index (χ2n) is 8.70. The normalized spacial score (nSPS) is 28.1. The molecule has 4 nitrogen and oxygen atoms in total. The summed E-state index contributed by atoms with van der Waals surface area (Å²) < 4.78 is 5.46. The van der Waals surface area contributed by atoms with Gasteiger partial charge in [0.2, 0.25) is 0 Å². The fourth-order valence-electron chi connectivity index (χ4n) is 4.10. The Hall–Kier alpha value is -0.610. The summed E-state index contributed by atoms with van der Waals surface area (Å²) in [4.78, 5) is 17.0. The van der Waals surface area contributed by atoms with Crippen molar-refractivity contribution < 1.29 is 9.53 Å². The molecule has 0 amide bonds. The van der Waals surface area contributed by atoms with E-state index in [1.54, 1.807) is 0 Å². The number of carbonyl (C=O) groups is 1. The van der Waals surface area contributed by atoms with Crippen LogP contribution in [-0.4, -0.2) is 60.6 Å². The third kappa shape index (κ3) is 6.07. The van der Waals surface area contributed by atoms with Crippen LogP contribution in [0.15, 0.2) is 0 Å². The van der Waals surface area contributed by atoms with E-state index in [4.69, 9.17) is 4.74 Å². The summed E-state index contributed by atoms with van der Waals surface area (Å²) in [5.41, 5.74) is -0.356. The minimum Gasteiger partial charge on any atom is -0.460 e. The maximum atomic E-state index is 12.0. The average molecular weight is 325 g/mol. The molecular weight excluding hydrogens is 288 g/mol. The first-order valence-electron chi connectivity index (χ1n) is 9.37. The van der Waals surface area contributed by atoms with Gasteiger partial charge in [-0.3, -0.25) is 4.79 Å². The molecule has 2 rings (SSSR count). The number of ether oxygens (including phenoxy) is 1. The Morgan fingerprint density at radius 1 is 1.04 bits per heavy atom. The van der Waals surface area contributed by atoms with Gasteiger partial charge in [0.25, 0.3) is 0 Å². The highest BCUT2D eigenvalue weighted by Gasteiger charge is 2.30. The van der Waals surface area contributed by atoms with E-state index in [-0.39, 0.29) is 11.6 Å². The minimum absolute atomic E-state index is 0.0206. The van der Waals surface area contributed by atoms with Gasteiger partial charge in [-0.1, -0.05) is 0 Å². The standard InChI is InChI=1S/C19H36N2O2/c1-19(2,3)23-18(22)14-15-6-8-17(9-7-15)21-12-10-16(11-13-21)20(4)5/h15-17H,6-14H2,1-5H3. The van der Waals surface area contributed by atoms with Crippen molar-refractivity contribution >= 4 is 5.97 Å². The molecule has 0 N–H and O–H groups in total. The summed E-state index contributed by atoms with van der Waals surface area (Å²) in [6.45, 7) is 8.31. The maximum absolute atomic E-state index is 12.0. The third-order valence-corrected chi connectivity index (χ3v) is 5.44. The largest absolute Gasteiger partial charge is 0.460 e. The quantitative estimate of drug-likeness (QED) is 0.743. The fourth-order valence-corrected chi connectivity index (χ4v) is 4.10. The van der Waals surface area contributed by atoms with E-state index in [2.05, 4.69) is 23.9 Å². The molecule has 0 spiro atoms. The van der Waals surface area contributed by atoms with E-state index in [0.29, 0.717) is 12.3 Å². The van der Waals surface area contributed by atoms with Crippen LogP contribution in [0.1, 0.15) is 65.7 Å². The van der Waals surface area contributed by atoms with Crippen molar-refractivity contribution in [2.45, 2.75) is 83.4 Å². The van der Waals surface area contributed by atoms with Crippen LogP contribution in [0.2, 0.25) is 0 Å². The second kappa shape index (κ2) is 7.98. The number of hydrogen-bond acceptors (Lipinski definition) is 4. The fraction of sp³-hybridized carbons (Fsp3) is 0.947. The number of carbonyl (C=O) groups excluding carboxylic acids is 1. The molecule has 1 saturated carbocycles. The Bertz CT molecular complexity index is 373. The van der Waals surface area contributed by atoms with Crippen LogP contribution < -0.4 is 0 Å². The van der Waals surface area contributed by atoms with Crippen LogP contribution in [0.25, 0.3) is 0 Å². The smallest absolute Gasteiger partial charge is 0.306 e. The molecule has 0 bridgehead atoms. The van der Waals surface area contributed by atoms with Gasteiger partial charge in [0.15, 0.2) is 0 Å². The number of nitrogens with zero attached hydrogens (tertiary/aromatic N) is 2. The SMILES string of the molecule is CN(C)C1CCN(C2CCC(CC(=O)OC(C)(C)C)CC2)CC1. The van der Waals surface area contributed by atoms with Crippen LogP contribution in [0.4, 0.5) is 0 Å². The topological polar surface area (TPSA) is 32.8 Å². The Balaban J connectivity index is 1.69. The van der Waals surface area contributed by atoms with Crippen molar-refractivity contribution in [2.75, 3.05) is 27.2 Å². The van der Waals surface area contributed by atoms with Gasteiger partial charge >= 0.3 is 5.97 Å². The van der Waals surface area contributed by atoms with Crippen LogP contribution in [0.3, 0.4) is 0 Å². The van der Waals surface area contributed by atoms with Crippen LogP contribution >= 0.6 is 0 Å². The maximum Gasteiger partial charge on any atom is 0.306 e. The van der Waals surface area contributed by atoms with E-state index < -0.39 is 0 Å². The van der Waals surface area contributed by atoms with Gasteiger partial charge in [-0.15, -0.1) is 0 Å². The van der Waals surface area contributed by atoms with Gasteiger partial charge in [-0.05, 0) is 92.4 Å². The molecular formula is C19H36N2O2. The minimum atomic E-state index is -0.356. The zero-order chi connectivity index (χ0) is 17.0. The Labute approximate surface area is 142 Å². The zero-order valence-corrected chi connectivity index (χ0v) is 15.8. The Morgan fingerprint density at radius 2 is 1.61 bits per heavy atom. The molecule has 0 aromatic carbocycles. The van der Waals surface area contributed by atoms with Crippen LogP contribution in [0.5, 0.6) is 0 Å². The summed E-state index contributed by atoms with van der Waals surface area (Å²) in [6.07, 6.45) is 8.05. The molecule has 2 fully saturated rings. The van der Waals surface area contributed by atoms with Gasteiger partial charge in [0.1, 0.15) is 5.60 Å². The molecule has 1 aliphatic carbocycles. The van der Waals surface area contributed by atoms with Crippen LogP contribution in [0, 0.1) is 5.92 Å². The summed E-state index contributed by atoms with van der Waals surface area (Å²) in [7, 11) is 4.39. The van der Waals surface area contributed by atoms with Gasteiger partial charge in [-0.25, -0.2) is 0 Å². The Kier molecular flexibility index (Phi) is 6.49. The van der Waals surface area contributed by atoms with Crippen molar-refractivity contribution in [3.05, 3.63) is 0 Å². The van der Waals surface area contributed by atoms with E-state index in [0.717, 1.165) is 12.1 Å². The number of esters is 1. The van der Waals surface area contributed by atoms with Crippen LogP contribution in [-0.2, 0) is 9.53 Å². The predicted octanol–water partition coefficient (Wildman–Crippen LogP) is 3.30. The van der Waals surface area contributed by atoms with Gasteiger partial charge in [0.05, 0.1) is 0 Å². The van der Waals surface area contributed by atoms with Gasteiger partial charge in [-0.2, -0.15) is 0 Å². The molecule has 23 heavy (non-hydrogen) atoms. The van der Waals surface area contributed by atoms with E-state index in [1.165, 1.54) is 51.6 Å². The third-order valence-electron chi connectivity index (χ3n) is 5.44. The zero-order valence-electron chi connectivity index (χ0n) is 15.8. The summed E-state index contributed by atoms with van der Waals surface area (Å²) in [5.74, 6) is 0.508. The predicted molar refractivity (Wildman–Crippen MR) is 94.5 cm³/mol. The van der Waals surface area contributed by atoms with E-state index in [9.17, 15) is 4.79 Å². The lowest BCUT2D eigenvalue weighted by Crippen LogP contribution is -2.47. The second-order valence-corrected chi connectivity index (χ2v) is 8.70. The highest BCUT2D eigenvalue weighted by atomic mass is 16.6. The highest BCUT2D eigenvalue weighted by molar-refractivity contribution is 5.70. The van der Waals surface area contributed by atoms with Crippen molar-refractivity contribution in [1.82, 2.24) is 9.80 Å². The highest BCUT2D eigenvalue weighted by Crippen LogP contribution is 2.32. The molecule has 134 valence electrons. The molecule has 1 saturated heterocycles. The molecule has 0 radical (unpaired) electrons. The molecule has 0 aromatic heterocycles. The lowest BCUT2D eigenvalue weighted by atomic mass is 9.83. The van der Waals surface area contributed by atoms with Gasteiger partial charge in [0, 0.05) is 18.5 Å². The molecule has 1 aliphatic heterocycles. The average Bonchev–Trinajstić information content (AvgIpc) is 2.46. The molecule has 4 heteroatoms. The molecule has 2 aliphatic rings. The Morgan fingerprint density at radius 3 is 2.09 bits per heavy atom. The molecule has 0 aromatic rings. The van der Waals surface area contributed by atoms with Gasteiger partial charge < -0.3 is 14.5 Å². The van der Waals surface area contributed by atoms with Crippen molar-refractivity contribution in [2.24, 2.45) is 5.92 Å². The van der Waals surface area contributed by atoms with Crippen molar-refractivity contribution in [3.63, 3.8) is 0 Å². The van der Waals surface area contributed by atoms with Crippen molar-refractivity contribution in [1.29, 1.82) is 0 Å². The molecule has 1 heterocycles. The lowest BCUT2D eigenvalue weighted by molar-refractivity contribution is -0.156. The lowest BCUT2D eigenvalue weighted by Gasteiger charge is -2.42. The summed E-state index contributed by atoms with van der Waals surface area (Å²) in [6, 6.07) is 1.50. The van der Waals surface area contributed by atoms with Crippen molar-refractivity contribution in [3.8, 4) is 0 Å². The summed E-state index contributed by atoms with van der Waals surface area (Å²) in [5, 5.41) is 0. The molecule has 0 unspecified atom stereocenters. The number of rotatable bonds is 4. The number of hydrogen-bond donors (Lipinski definition) is 0. The van der Waals surface area contributed by atoms with E-state index >= 15 is 0 Å². The first kappa shape index (κ1) is 18.7. The first-order valence-corrected chi connectivity index (χ1v) is 9.37.